The fraction of sp³-hybridized carbons (Fsp3) is 0.429. The van der Waals surface area contributed by atoms with Crippen LogP contribution in [0.3, 0.4) is 0 Å². The van der Waals surface area contributed by atoms with Crippen molar-refractivity contribution in [3.63, 3.8) is 0 Å². The zero-order valence-corrected chi connectivity index (χ0v) is 15.3. The number of aliphatic hydroxyl groups excluding tert-OH is 1. The van der Waals surface area contributed by atoms with E-state index in [1.54, 1.807) is 13.2 Å². The highest BCUT2D eigenvalue weighted by Crippen LogP contribution is 2.46. The summed E-state index contributed by atoms with van der Waals surface area (Å²) in [5, 5.41) is 20.8. The standard InChI is InChI=1S/C21H24O5/c1-21(2)19(23)11-15-18(26-21)9-5-12-4-8-17(25-20(12)15)14-7-6-13(24-3)10-16(14)22/h5-7,9-10,17,19,22-23H,4,8,11H2,1-3H3. The summed E-state index contributed by atoms with van der Waals surface area (Å²) in [5.74, 6) is 2.32. The lowest BCUT2D eigenvalue weighted by atomic mass is 9.87. The van der Waals surface area contributed by atoms with Gasteiger partial charge in [0.25, 0.3) is 0 Å². The molecular weight excluding hydrogens is 332 g/mol. The van der Waals surface area contributed by atoms with E-state index in [0.29, 0.717) is 12.2 Å². The monoisotopic (exact) mass is 356 g/mol. The molecule has 0 aromatic heterocycles. The van der Waals surface area contributed by atoms with Crippen LogP contribution in [0.4, 0.5) is 0 Å². The van der Waals surface area contributed by atoms with Gasteiger partial charge in [-0.15, -0.1) is 0 Å². The molecule has 26 heavy (non-hydrogen) atoms. The molecule has 2 aliphatic rings. The maximum Gasteiger partial charge on any atom is 0.130 e. The van der Waals surface area contributed by atoms with Crippen LogP contribution in [-0.4, -0.2) is 29.0 Å². The van der Waals surface area contributed by atoms with Crippen LogP contribution >= 0.6 is 0 Å². The van der Waals surface area contributed by atoms with Crippen LogP contribution in [0.2, 0.25) is 0 Å². The lowest BCUT2D eigenvalue weighted by molar-refractivity contribution is -0.0423. The first-order valence-electron chi connectivity index (χ1n) is 8.94. The van der Waals surface area contributed by atoms with Crippen molar-refractivity contribution in [2.45, 2.75) is 50.9 Å². The Morgan fingerprint density at radius 3 is 2.73 bits per heavy atom. The second kappa shape index (κ2) is 6.09. The molecule has 2 aromatic carbocycles. The minimum atomic E-state index is -0.621. The van der Waals surface area contributed by atoms with Gasteiger partial charge in [-0.1, -0.05) is 6.07 Å². The minimum Gasteiger partial charge on any atom is -0.507 e. The second-order valence-electron chi connectivity index (χ2n) is 7.53. The number of ether oxygens (including phenoxy) is 3. The second-order valence-corrected chi connectivity index (χ2v) is 7.53. The first-order valence-corrected chi connectivity index (χ1v) is 8.94. The average Bonchev–Trinajstić information content (AvgIpc) is 2.62. The Kier molecular flexibility index (Phi) is 3.99. The molecule has 0 saturated heterocycles. The Morgan fingerprint density at radius 2 is 2.00 bits per heavy atom. The van der Waals surface area contributed by atoms with Crippen LogP contribution in [-0.2, 0) is 12.8 Å². The van der Waals surface area contributed by atoms with E-state index in [2.05, 4.69) is 0 Å². The normalized spacial score (nSPS) is 23.2. The van der Waals surface area contributed by atoms with E-state index in [1.165, 1.54) is 0 Å². The number of fused-ring (bicyclic) bond motifs is 3. The van der Waals surface area contributed by atoms with Crippen LogP contribution in [0.15, 0.2) is 30.3 Å². The zero-order valence-electron chi connectivity index (χ0n) is 15.3. The van der Waals surface area contributed by atoms with Crippen LogP contribution in [0, 0.1) is 0 Å². The van der Waals surface area contributed by atoms with Crippen molar-refractivity contribution < 1.29 is 24.4 Å². The third kappa shape index (κ3) is 2.76. The number of hydrogen-bond acceptors (Lipinski definition) is 5. The molecule has 0 fully saturated rings. The first kappa shape index (κ1) is 17.0. The third-order valence-electron chi connectivity index (χ3n) is 5.39. The number of phenols is 1. The van der Waals surface area contributed by atoms with Crippen molar-refractivity contribution in [2.24, 2.45) is 0 Å². The van der Waals surface area contributed by atoms with E-state index in [9.17, 15) is 10.2 Å². The molecule has 0 spiro atoms. The summed E-state index contributed by atoms with van der Waals surface area (Å²) in [6, 6.07) is 9.27. The summed E-state index contributed by atoms with van der Waals surface area (Å²) < 4.78 is 17.4. The van der Waals surface area contributed by atoms with Crippen molar-refractivity contribution in [3.8, 4) is 23.0 Å². The highest BCUT2D eigenvalue weighted by Gasteiger charge is 2.38. The van der Waals surface area contributed by atoms with Crippen molar-refractivity contribution in [1.29, 1.82) is 0 Å². The summed E-state index contributed by atoms with van der Waals surface area (Å²) in [6.07, 6.45) is 1.28. The number of aryl methyl sites for hydroxylation is 1. The Hall–Kier alpha value is -2.40. The summed E-state index contributed by atoms with van der Waals surface area (Å²) in [6.45, 7) is 3.78. The maximum absolute atomic E-state index is 10.4. The van der Waals surface area contributed by atoms with Crippen LogP contribution < -0.4 is 14.2 Å². The Bertz CT molecular complexity index is 843. The van der Waals surface area contributed by atoms with E-state index in [1.807, 2.05) is 38.1 Å². The van der Waals surface area contributed by atoms with Crippen molar-refractivity contribution in [2.75, 3.05) is 7.11 Å². The van der Waals surface area contributed by atoms with E-state index in [-0.39, 0.29) is 11.9 Å². The van der Waals surface area contributed by atoms with E-state index < -0.39 is 11.7 Å². The molecule has 2 atom stereocenters. The highest BCUT2D eigenvalue weighted by atomic mass is 16.5. The third-order valence-corrected chi connectivity index (χ3v) is 5.39. The molecule has 0 amide bonds. The Morgan fingerprint density at radius 1 is 1.19 bits per heavy atom. The largest absolute Gasteiger partial charge is 0.507 e. The van der Waals surface area contributed by atoms with Crippen LogP contribution in [0.5, 0.6) is 23.0 Å². The number of hydrogen-bond donors (Lipinski definition) is 2. The molecule has 2 N–H and O–H groups in total. The first-order chi connectivity index (χ1) is 12.4. The topological polar surface area (TPSA) is 68.2 Å². The van der Waals surface area contributed by atoms with Gasteiger partial charge in [0.2, 0.25) is 0 Å². The molecule has 2 unspecified atom stereocenters. The van der Waals surface area contributed by atoms with Crippen molar-refractivity contribution in [1.82, 2.24) is 0 Å². The zero-order chi connectivity index (χ0) is 18.5. The maximum atomic E-state index is 10.4. The lowest BCUT2D eigenvalue weighted by Gasteiger charge is -2.39. The number of aromatic hydroxyl groups is 1. The number of aliphatic hydroxyl groups is 1. The van der Waals surface area contributed by atoms with Gasteiger partial charge in [-0.2, -0.15) is 0 Å². The van der Waals surface area contributed by atoms with Crippen LogP contribution in [0.25, 0.3) is 0 Å². The molecular formula is C21H24O5. The molecule has 5 heteroatoms. The van der Waals surface area contributed by atoms with Gasteiger partial charge in [0.15, 0.2) is 0 Å². The van der Waals surface area contributed by atoms with Crippen molar-refractivity contribution in [3.05, 3.63) is 47.0 Å². The van der Waals surface area contributed by atoms with Crippen LogP contribution in [0.1, 0.15) is 43.1 Å². The fourth-order valence-corrected chi connectivity index (χ4v) is 3.71. The SMILES string of the molecule is COc1ccc(C2CCc3ccc4c(c3O2)CC(O)C(C)(C)O4)c(O)c1. The number of benzene rings is 2. The molecule has 2 aromatic rings. The van der Waals surface area contributed by atoms with E-state index in [4.69, 9.17) is 14.2 Å². The number of methoxy groups -OCH3 is 1. The predicted octanol–water partition coefficient (Wildman–Crippen LogP) is 3.54. The van der Waals surface area contributed by atoms with Gasteiger partial charge in [-0.05, 0) is 50.5 Å². The minimum absolute atomic E-state index is 0.167. The highest BCUT2D eigenvalue weighted by molar-refractivity contribution is 5.54. The van der Waals surface area contributed by atoms with Crippen molar-refractivity contribution >= 4 is 0 Å². The molecule has 0 radical (unpaired) electrons. The molecule has 5 nitrogen and oxygen atoms in total. The van der Waals surface area contributed by atoms with E-state index in [0.717, 1.165) is 41.0 Å². The van der Waals surface area contributed by atoms with Gasteiger partial charge in [-0.25, -0.2) is 0 Å². The number of rotatable bonds is 2. The molecule has 138 valence electrons. The molecule has 2 aliphatic heterocycles. The summed E-state index contributed by atoms with van der Waals surface area (Å²) in [4.78, 5) is 0. The van der Waals surface area contributed by atoms with Gasteiger partial charge in [0.1, 0.15) is 34.7 Å². The van der Waals surface area contributed by atoms with E-state index >= 15 is 0 Å². The predicted molar refractivity (Wildman–Crippen MR) is 97.2 cm³/mol. The Balaban J connectivity index is 1.69. The van der Waals surface area contributed by atoms with Gasteiger partial charge >= 0.3 is 0 Å². The number of phenolic OH excluding ortho intramolecular Hbond substituents is 1. The molecule has 0 aliphatic carbocycles. The quantitative estimate of drug-likeness (QED) is 0.861. The smallest absolute Gasteiger partial charge is 0.130 e. The summed E-state index contributed by atoms with van der Waals surface area (Å²) >= 11 is 0. The summed E-state index contributed by atoms with van der Waals surface area (Å²) in [5.41, 5.74) is 2.14. The van der Waals surface area contributed by atoms with Gasteiger partial charge in [0.05, 0.1) is 13.2 Å². The molecule has 4 rings (SSSR count). The van der Waals surface area contributed by atoms with Gasteiger partial charge in [0, 0.05) is 23.6 Å². The molecule has 0 bridgehead atoms. The van der Waals surface area contributed by atoms with Gasteiger partial charge < -0.3 is 24.4 Å². The lowest BCUT2D eigenvalue weighted by Crippen LogP contribution is -2.46. The Labute approximate surface area is 153 Å². The summed E-state index contributed by atoms with van der Waals surface area (Å²) in [7, 11) is 1.57. The fourth-order valence-electron chi connectivity index (χ4n) is 3.71. The average molecular weight is 356 g/mol. The van der Waals surface area contributed by atoms with Gasteiger partial charge in [-0.3, -0.25) is 0 Å². The molecule has 0 saturated carbocycles. The molecule has 2 heterocycles.